The molecule has 0 atom stereocenters. The summed E-state index contributed by atoms with van der Waals surface area (Å²) in [7, 11) is 0. The van der Waals surface area contributed by atoms with Gasteiger partial charge in [-0.3, -0.25) is 4.79 Å². The number of pyridine rings is 1. The van der Waals surface area contributed by atoms with Gasteiger partial charge in [-0.2, -0.15) is 5.10 Å². The van der Waals surface area contributed by atoms with E-state index in [1.807, 2.05) is 20.8 Å². The topological polar surface area (TPSA) is 97.1 Å². The van der Waals surface area contributed by atoms with E-state index in [2.05, 4.69) is 15.4 Å². The van der Waals surface area contributed by atoms with Crippen molar-refractivity contribution in [2.75, 3.05) is 0 Å². The number of fused-ring (bicyclic) bond motifs is 1. The number of benzene rings is 1. The molecule has 1 amide bonds. The molecule has 0 fully saturated rings. The Morgan fingerprint density at radius 1 is 1.23 bits per heavy atom. The monoisotopic (exact) mass is 352 g/mol. The first-order valence-corrected chi connectivity index (χ1v) is 8.32. The first kappa shape index (κ1) is 17.6. The number of nitrogens with zero attached hydrogens (tertiary/aromatic N) is 3. The molecule has 3 rings (SSSR count). The lowest BCUT2D eigenvalue weighted by molar-refractivity contribution is 0.0696. The van der Waals surface area contributed by atoms with E-state index in [-0.39, 0.29) is 17.5 Å². The van der Waals surface area contributed by atoms with Crippen molar-refractivity contribution in [3.63, 3.8) is 0 Å². The Bertz CT molecular complexity index is 974. The van der Waals surface area contributed by atoms with Crippen molar-refractivity contribution in [1.82, 2.24) is 20.1 Å². The predicted octanol–water partition coefficient (Wildman–Crippen LogP) is 2.95. The Labute approximate surface area is 150 Å². The highest BCUT2D eigenvalue weighted by Gasteiger charge is 2.16. The molecular formula is C19H20N4O3. The third kappa shape index (κ3) is 3.42. The van der Waals surface area contributed by atoms with Crippen LogP contribution in [0.2, 0.25) is 0 Å². The zero-order valence-corrected chi connectivity index (χ0v) is 14.9. The van der Waals surface area contributed by atoms with Gasteiger partial charge in [-0.05, 0) is 44.5 Å². The summed E-state index contributed by atoms with van der Waals surface area (Å²) < 4.78 is 1.80. The minimum Gasteiger partial charge on any atom is -0.478 e. The minimum atomic E-state index is -0.975. The molecule has 7 heteroatoms. The number of aromatic nitrogens is 3. The summed E-state index contributed by atoms with van der Waals surface area (Å²) in [5, 5.41) is 16.9. The van der Waals surface area contributed by atoms with Crippen molar-refractivity contribution in [3.8, 4) is 0 Å². The van der Waals surface area contributed by atoms with Gasteiger partial charge in [0.2, 0.25) is 0 Å². The molecule has 0 aliphatic carbocycles. The SMILES string of the molecule is Cc1cc(C(=O)NCc2ccc(C(=O)O)cc2)c2cnn(C(C)C)c2n1. The summed E-state index contributed by atoms with van der Waals surface area (Å²) in [6.07, 6.45) is 1.67. The second-order valence-electron chi connectivity index (χ2n) is 6.42. The standard InChI is InChI=1S/C19H20N4O3/c1-11(2)23-17-16(10-21-23)15(8-12(3)22-17)18(24)20-9-13-4-6-14(7-5-13)19(25)26/h4-8,10-11H,9H2,1-3H3,(H,20,24)(H,25,26). The number of carboxylic acid groups (broad SMARTS) is 1. The number of nitrogens with one attached hydrogen (secondary N) is 1. The van der Waals surface area contributed by atoms with Gasteiger partial charge in [0.05, 0.1) is 22.7 Å². The largest absolute Gasteiger partial charge is 0.478 e. The lowest BCUT2D eigenvalue weighted by atomic mass is 10.1. The van der Waals surface area contributed by atoms with Gasteiger partial charge in [0, 0.05) is 18.3 Å². The fourth-order valence-electron chi connectivity index (χ4n) is 2.75. The molecular weight excluding hydrogens is 332 g/mol. The fourth-order valence-corrected chi connectivity index (χ4v) is 2.75. The van der Waals surface area contributed by atoms with Gasteiger partial charge in [0.25, 0.3) is 5.91 Å². The first-order chi connectivity index (χ1) is 12.4. The number of hydrogen-bond donors (Lipinski definition) is 2. The van der Waals surface area contributed by atoms with Crippen LogP contribution in [0.1, 0.15) is 51.9 Å². The number of carboxylic acids is 1. The molecule has 0 bridgehead atoms. The van der Waals surface area contributed by atoms with Gasteiger partial charge in [-0.15, -0.1) is 0 Å². The lowest BCUT2D eigenvalue weighted by Gasteiger charge is -2.10. The number of amides is 1. The maximum absolute atomic E-state index is 12.7. The molecule has 2 N–H and O–H groups in total. The molecule has 0 aliphatic rings. The average Bonchev–Trinajstić information content (AvgIpc) is 3.03. The van der Waals surface area contributed by atoms with Crippen LogP contribution in [0.3, 0.4) is 0 Å². The third-order valence-electron chi connectivity index (χ3n) is 4.08. The van der Waals surface area contributed by atoms with E-state index < -0.39 is 5.97 Å². The molecule has 1 aromatic carbocycles. The van der Waals surface area contributed by atoms with E-state index in [0.717, 1.165) is 11.3 Å². The molecule has 0 aliphatic heterocycles. The number of aromatic carboxylic acids is 1. The molecule has 26 heavy (non-hydrogen) atoms. The number of hydrogen-bond acceptors (Lipinski definition) is 4. The maximum Gasteiger partial charge on any atom is 0.335 e. The van der Waals surface area contributed by atoms with E-state index in [1.165, 1.54) is 12.1 Å². The van der Waals surface area contributed by atoms with Crippen molar-refractivity contribution < 1.29 is 14.7 Å². The van der Waals surface area contributed by atoms with Gasteiger partial charge in [0.1, 0.15) is 0 Å². The summed E-state index contributed by atoms with van der Waals surface area (Å²) in [6.45, 7) is 6.17. The van der Waals surface area contributed by atoms with Gasteiger partial charge < -0.3 is 10.4 Å². The Balaban J connectivity index is 1.82. The Morgan fingerprint density at radius 3 is 2.54 bits per heavy atom. The lowest BCUT2D eigenvalue weighted by Crippen LogP contribution is -2.23. The molecule has 2 aromatic heterocycles. The normalized spacial score (nSPS) is 11.1. The number of carbonyl (C=O) groups excluding carboxylic acids is 1. The summed E-state index contributed by atoms with van der Waals surface area (Å²) in [5.74, 6) is -1.19. The summed E-state index contributed by atoms with van der Waals surface area (Å²) in [5.41, 5.74) is 3.00. The smallest absolute Gasteiger partial charge is 0.335 e. The average molecular weight is 352 g/mol. The zero-order valence-electron chi connectivity index (χ0n) is 14.9. The molecule has 0 spiro atoms. The fraction of sp³-hybridized carbons (Fsp3) is 0.263. The Hall–Kier alpha value is -3.22. The Kier molecular flexibility index (Phi) is 4.71. The van der Waals surface area contributed by atoms with Crippen LogP contribution in [0, 0.1) is 6.92 Å². The quantitative estimate of drug-likeness (QED) is 0.736. The van der Waals surface area contributed by atoms with Crippen molar-refractivity contribution in [1.29, 1.82) is 0 Å². The number of aryl methyl sites for hydroxylation is 1. The van der Waals surface area contributed by atoms with Crippen molar-refractivity contribution in [3.05, 3.63) is 58.9 Å². The summed E-state index contributed by atoms with van der Waals surface area (Å²) in [6, 6.07) is 8.31. The van der Waals surface area contributed by atoms with Gasteiger partial charge >= 0.3 is 5.97 Å². The second-order valence-corrected chi connectivity index (χ2v) is 6.42. The van der Waals surface area contributed by atoms with Crippen LogP contribution < -0.4 is 5.32 Å². The maximum atomic E-state index is 12.7. The Morgan fingerprint density at radius 2 is 1.92 bits per heavy atom. The van der Waals surface area contributed by atoms with Crippen molar-refractivity contribution in [2.45, 2.75) is 33.4 Å². The second kappa shape index (κ2) is 6.95. The van der Waals surface area contributed by atoms with Crippen molar-refractivity contribution in [2.24, 2.45) is 0 Å². The highest BCUT2D eigenvalue weighted by molar-refractivity contribution is 6.05. The van der Waals surface area contributed by atoms with E-state index in [4.69, 9.17) is 5.11 Å². The van der Waals surface area contributed by atoms with Crippen LogP contribution in [-0.2, 0) is 6.54 Å². The highest BCUT2D eigenvalue weighted by Crippen LogP contribution is 2.21. The highest BCUT2D eigenvalue weighted by atomic mass is 16.4. The molecule has 0 saturated heterocycles. The van der Waals surface area contributed by atoms with Crippen LogP contribution in [0.4, 0.5) is 0 Å². The van der Waals surface area contributed by atoms with Crippen LogP contribution >= 0.6 is 0 Å². The number of carbonyl (C=O) groups is 2. The number of rotatable bonds is 5. The minimum absolute atomic E-state index is 0.144. The van der Waals surface area contributed by atoms with Crippen molar-refractivity contribution >= 4 is 22.9 Å². The van der Waals surface area contributed by atoms with E-state index in [0.29, 0.717) is 23.1 Å². The predicted molar refractivity (Wildman–Crippen MR) is 97.2 cm³/mol. The van der Waals surface area contributed by atoms with Gasteiger partial charge in [0.15, 0.2) is 5.65 Å². The van der Waals surface area contributed by atoms with Gasteiger partial charge in [-0.1, -0.05) is 12.1 Å². The summed E-state index contributed by atoms with van der Waals surface area (Å²) >= 11 is 0. The first-order valence-electron chi connectivity index (χ1n) is 8.32. The molecule has 2 heterocycles. The van der Waals surface area contributed by atoms with Crippen LogP contribution in [-0.4, -0.2) is 31.7 Å². The van der Waals surface area contributed by atoms with Gasteiger partial charge in [-0.25, -0.2) is 14.5 Å². The van der Waals surface area contributed by atoms with E-state index in [9.17, 15) is 9.59 Å². The molecule has 3 aromatic rings. The molecule has 0 unspecified atom stereocenters. The zero-order chi connectivity index (χ0) is 18.8. The van der Waals surface area contributed by atoms with Crippen LogP contribution in [0.25, 0.3) is 11.0 Å². The summed E-state index contributed by atoms with van der Waals surface area (Å²) in [4.78, 5) is 28.1. The third-order valence-corrected chi connectivity index (χ3v) is 4.08. The van der Waals surface area contributed by atoms with Crippen LogP contribution in [0.15, 0.2) is 36.5 Å². The van der Waals surface area contributed by atoms with E-state index >= 15 is 0 Å². The molecule has 7 nitrogen and oxygen atoms in total. The van der Waals surface area contributed by atoms with E-state index in [1.54, 1.807) is 29.1 Å². The van der Waals surface area contributed by atoms with Crippen LogP contribution in [0.5, 0.6) is 0 Å². The molecule has 0 radical (unpaired) electrons. The molecule has 0 saturated carbocycles. The molecule has 134 valence electrons.